The van der Waals surface area contributed by atoms with Gasteiger partial charge in [0.2, 0.25) is 0 Å². The van der Waals surface area contributed by atoms with Gasteiger partial charge in [0.05, 0.1) is 10.1 Å². The van der Waals surface area contributed by atoms with Gasteiger partial charge >= 0.3 is 0 Å². The third-order valence-corrected chi connectivity index (χ3v) is 1.27. The topological polar surface area (TPSA) is 92.5 Å². The van der Waals surface area contributed by atoms with Crippen molar-refractivity contribution in [3.05, 3.63) is 0 Å². The molecule has 0 saturated carbocycles. The van der Waals surface area contributed by atoms with E-state index in [1.165, 1.54) is 0 Å². The van der Waals surface area contributed by atoms with Gasteiger partial charge in [-0.3, -0.25) is 0 Å². The van der Waals surface area contributed by atoms with Crippen LogP contribution in [0.3, 0.4) is 0 Å². The van der Waals surface area contributed by atoms with E-state index < -0.39 is 10.1 Å². The minimum atomic E-state index is -3.92. The highest BCUT2D eigenvalue weighted by Gasteiger charge is 2.06. The summed E-state index contributed by atoms with van der Waals surface area (Å²) in [5, 5.41) is 0. The van der Waals surface area contributed by atoms with E-state index in [4.69, 9.17) is 23.4 Å². The predicted molar refractivity (Wildman–Crippen MR) is 43.6 cm³/mol. The van der Waals surface area contributed by atoms with Crippen LogP contribution in [0.2, 0.25) is 0 Å². The van der Waals surface area contributed by atoms with Crippen molar-refractivity contribution >= 4 is 10.1 Å². The SMILES string of the molecule is CS(=O)(=O)[O-].NC1CCOCC1. The van der Waals surface area contributed by atoms with E-state index in [1.807, 2.05) is 0 Å². The number of nitrogens with two attached hydrogens (primary N) is 1. The van der Waals surface area contributed by atoms with Crippen LogP contribution in [0.5, 0.6) is 0 Å². The molecule has 1 aliphatic heterocycles. The van der Waals surface area contributed by atoms with E-state index in [0.717, 1.165) is 26.1 Å². The number of hydrogen-bond donors (Lipinski definition) is 1. The Morgan fingerprint density at radius 1 is 1.42 bits per heavy atom. The minimum Gasteiger partial charge on any atom is -0.748 e. The van der Waals surface area contributed by atoms with E-state index in [0.29, 0.717) is 12.3 Å². The van der Waals surface area contributed by atoms with Gasteiger partial charge in [-0.2, -0.15) is 0 Å². The molecule has 1 heterocycles. The standard InChI is InChI=1S/C5H11NO.CH4O3S/c6-5-1-3-7-4-2-5;1-5(2,3)4/h5H,1-4,6H2;1H3,(H,2,3,4)/p-1. The van der Waals surface area contributed by atoms with Crippen LogP contribution in [0.1, 0.15) is 12.8 Å². The maximum atomic E-state index is 9.08. The molecule has 5 nitrogen and oxygen atoms in total. The highest BCUT2D eigenvalue weighted by molar-refractivity contribution is 7.84. The molecule has 0 radical (unpaired) electrons. The Bertz CT molecular complexity index is 188. The average molecular weight is 196 g/mol. The molecule has 74 valence electrons. The van der Waals surface area contributed by atoms with E-state index in [-0.39, 0.29) is 0 Å². The van der Waals surface area contributed by atoms with Crippen LogP contribution in [0, 0.1) is 0 Å². The highest BCUT2D eigenvalue weighted by Crippen LogP contribution is 2.01. The summed E-state index contributed by atoms with van der Waals surface area (Å²) < 4.78 is 32.3. The molecule has 0 spiro atoms. The Morgan fingerprint density at radius 3 is 1.92 bits per heavy atom. The fourth-order valence-electron chi connectivity index (χ4n) is 0.716. The Labute approximate surface area is 72.6 Å². The largest absolute Gasteiger partial charge is 0.748 e. The van der Waals surface area contributed by atoms with Crippen molar-refractivity contribution in [3.63, 3.8) is 0 Å². The molecule has 1 saturated heterocycles. The lowest BCUT2D eigenvalue weighted by Crippen LogP contribution is -2.28. The number of ether oxygens (including phenoxy) is 1. The second kappa shape index (κ2) is 5.47. The zero-order valence-corrected chi connectivity index (χ0v) is 7.84. The molecule has 0 amide bonds. The van der Waals surface area contributed by atoms with Gasteiger partial charge in [-0.25, -0.2) is 8.42 Å². The van der Waals surface area contributed by atoms with Crippen molar-refractivity contribution < 1.29 is 17.7 Å². The molecule has 0 aromatic rings. The molecule has 0 aromatic carbocycles. The summed E-state index contributed by atoms with van der Waals surface area (Å²) >= 11 is 0. The zero-order valence-electron chi connectivity index (χ0n) is 7.02. The smallest absolute Gasteiger partial charge is 0.0916 e. The molecule has 6 heteroatoms. The molecular formula is C6H14NO4S-. The van der Waals surface area contributed by atoms with Crippen molar-refractivity contribution in [2.24, 2.45) is 5.73 Å². The summed E-state index contributed by atoms with van der Waals surface area (Å²) in [7, 11) is -3.92. The molecule has 0 unspecified atom stereocenters. The predicted octanol–water partition coefficient (Wildman–Crippen LogP) is -0.714. The molecular weight excluding hydrogens is 182 g/mol. The average Bonchev–Trinajstić information content (AvgIpc) is 1.85. The lowest BCUT2D eigenvalue weighted by molar-refractivity contribution is 0.0866. The monoisotopic (exact) mass is 196 g/mol. The van der Waals surface area contributed by atoms with Crippen molar-refractivity contribution in [1.82, 2.24) is 0 Å². The molecule has 1 aliphatic rings. The summed E-state index contributed by atoms with van der Waals surface area (Å²) in [6.45, 7) is 1.72. The van der Waals surface area contributed by atoms with Gasteiger partial charge < -0.3 is 15.0 Å². The Morgan fingerprint density at radius 2 is 1.75 bits per heavy atom. The fraction of sp³-hybridized carbons (Fsp3) is 1.00. The Hall–Kier alpha value is -0.170. The fourth-order valence-corrected chi connectivity index (χ4v) is 0.716. The quantitative estimate of drug-likeness (QED) is 0.516. The molecule has 2 N–H and O–H groups in total. The summed E-state index contributed by atoms with van der Waals surface area (Å²) in [6, 6.07) is 0.411. The van der Waals surface area contributed by atoms with Crippen LogP contribution in [0.15, 0.2) is 0 Å². The summed E-state index contributed by atoms with van der Waals surface area (Å²) in [5.41, 5.74) is 5.55. The molecule has 0 atom stereocenters. The molecule has 0 aliphatic carbocycles. The molecule has 12 heavy (non-hydrogen) atoms. The lowest BCUT2D eigenvalue weighted by atomic mass is 10.1. The first-order valence-electron chi connectivity index (χ1n) is 3.64. The Balaban J connectivity index is 0.000000217. The van der Waals surface area contributed by atoms with Crippen molar-refractivity contribution in [2.45, 2.75) is 18.9 Å². The first-order valence-corrected chi connectivity index (χ1v) is 5.45. The van der Waals surface area contributed by atoms with E-state index >= 15 is 0 Å². The van der Waals surface area contributed by atoms with Crippen LogP contribution >= 0.6 is 0 Å². The maximum Gasteiger partial charge on any atom is 0.0916 e. The first kappa shape index (κ1) is 11.8. The maximum absolute atomic E-state index is 9.08. The molecule has 1 fully saturated rings. The number of rotatable bonds is 0. The van der Waals surface area contributed by atoms with Crippen LogP contribution in [-0.4, -0.2) is 38.5 Å². The van der Waals surface area contributed by atoms with Crippen molar-refractivity contribution in [2.75, 3.05) is 19.5 Å². The minimum absolute atomic E-state index is 0.411. The van der Waals surface area contributed by atoms with Crippen LogP contribution in [-0.2, 0) is 14.9 Å². The third-order valence-electron chi connectivity index (χ3n) is 1.27. The highest BCUT2D eigenvalue weighted by atomic mass is 32.2. The van der Waals surface area contributed by atoms with Gasteiger partial charge in [-0.1, -0.05) is 0 Å². The molecule has 1 rings (SSSR count). The summed E-state index contributed by atoms with van der Waals surface area (Å²) in [5.74, 6) is 0. The molecule has 0 aromatic heterocycles. The summed E-state index contributed by atoms with van der Waals surface area (Å²) in [6.07, 6.45) is 2.69. The Kier molecular flexibility index (Phi) is 5.39. The second-order valence-corrected chi connectivity index (χ2v) is 4.06. The number of hydrogen-bond acceptors (Lipinski definition) is 5. The van der Waals surface area contributed by atoms with Crippen LogP contribution in [0.25, 0.3) is 0 Å². The van der Waals surface area contributed by atoms with Crippen molar-refractivity contribution in [1.29, 1.82) is 0 Å². The van der Waals surface area contributed by atoms with E-state index in [1.54, 1.807) is 0 Å². The first-order chi connectivity index (χ1) is 5.39. The van der Waals surface area contributed by atoms with E-state index in [9.17, 15) is 0 Å². The van der Waals surface area contributed by atoms with Gasteiger partial charge in [0, 0.05) is 25.5 Å². The normalized spacial score (nSPS) is 19.6. The van der Waals surface area contributed by atoms with Gasteiger partial charge in [0.1, 0.15) is 0 Å². The van der Waals surface area contributed by atoms with E-state index in [2.05, 4.69) is 0 Å². The van der Waals surface area contributed by atoms with Crippen molar-refractivity contribution in [3.8, 4) is 0 Å². The van der Waals surface area contributed by atoms with Gasteiger partial charge in [-0.05, 0) is 12.8 Å². The lowest BCUT2D eigenvalue weighted by Gasteiger charge is -2.16. The van der Waals surface area contributed by atoms with Gasteiger partial charge in [0.25, 0.3) is 0 Å². The van der Waals surface area contributed by atoms with Crippen LogP contribution in [0.4, 0.5) is 0 Å². The van der Waals surface area contributed by atoms with Gasteiger partial charge in [-0.15, -0.1) is 0 Å². The zero-order chi connectivity index (χ0) is 9.61. The van der Waals surface area contributed by atoms with Crippen LogP contribution < -0.4 is 5.73 Å². The molecule has 0 bridgehead atoms. The third kappa shape index (κ3) is 12.5. The summed E-state index contributed by atoms with van der Waals surface area (Å²) in [4.78, 5) is 0. The van der Waals surface area contributed by atoms with Gasteiger partial charge in [0.15, 0.2) is 0 Å². The second-order valence-electron chi connectivity index (χ2n) is 2.65.